The molecular formula is C25H28N2O5. The molecule has 2 heterocycles. The van der Waals surface area contributed by atoms with Crippen molar-refractivity contribution in [2.24, 2.45) is 0 Å². The molecule has 1 aliphatic rings. The van der Waals surface area contributed by atoms with E-state index in [4.69, 9.17) is 13.9 Å². The van der Waals surface area contributed by atoms with Crippen molar-refractivity contribution in [1.29, 1.82) is 0 Å². The fourth-order valence-corrected chi connectivity index (χ4v) is 4.00. The number of aryl methyl sites for hydroxylation is 1. The number of hydrogen-bond donors (Lipinski definition) is 1. The number of carbonyl (C=O) groups is 2. The first-order valence-electron chi connectivity index (χ1n) is 10.9. The summed E-state index contributed by atoms with van der Waals surface area (Å²) in [5.41, 5.74) is 1.95. The van der Waals surface area contributed by atoms with Gasteiger partial charge in [-0.3, -0.25) is 14.5 Å². The first-order chi connectivity index (χ1) is 15.5. The van der Waals surface area contributed by atoms with Crippen LogP contribution in [0.4, 0.5) is 5.69 Å². The maximum absolute atomic E-state index is 13.6. The minimum absolute atomic E-state index is 0.0695. The molecule has 7 heteroatoms. The van der Waals surface area contributed by atoms with Crippen molar-refractivity contribution in [2.75, 3.05) is 18.6 Å². The van der Waals surface area contributed by atoms with E-state index >= 15 is 0 Å². The van der Waals surface area contributed by atoms with Crippen molar-refractivity contribution in [1.82, 2.24) is 5.32 Å². The van der Waals surface area contributed by atoms with Crippen molar-refractivity contribution < 1.29 is 23.5 Å². The Balaban J connectivity index is 1.68. The average molecular weight is 437 g/mol. The summed E-state index contributed by atoms with van der Waals surface area (Å²) in [5.74, 6) is 0.886. The van der Waals surface area contributed by atoms with Gasteiger partial charge in [-0.05, 0) is 50.1 Å². The van der Waals surface area contributed by atoms with Crippen molar-refractivity contribution >= 4 is 28.5 Å². The lowest BCUT2D eigenvalue weighted by molar-refractivity contribution is -0.128. The largest absolute Gasteiger partial charge is 0.497 e. The molecule has 0 bridgehead atoms. The number of anilines is 1. The summed E-state index contributed by atoms with van der Waals surface area (Å²) in [6, 6.07) is 12.7. The van der Waals surface area contributed by atoms with Crippen LogP contribution in [0.2, 0.25) is 0 Å². The lowest BCUT2D eigenvalue weighted by Crippen LogP contribution is -2.52. The summed E-state index contributed by atoms with van der Waals surface area (Å²) in [6.45, 7) is 6.01. The van der Waals surface area contributed by atoms with Crippen molar-refractivity contribution in [2.45, 2.75) is 45.8 Å². The number of hydrogen-bond acceptors (Lipinski definition) is 5. The highest BCUT2D eigenvalue weighted by Gasteiger charge is 2.36. The monoisotopic (exact) mass is 436 g/mol. The van der Waals surface area contributed by atoms with Gasteiger partial charge in [0.2, 0.25) is 0 Å². The van der Waals surface area contributed by atoms with E-state index in [9.17, 15) is 9.59 Å². The summed E-state index contributed by atoms with van der Waals surface area (Å²) >= 11 is 0. The van der Waals surface area contributed by atoms with E-state index in [2.05, 4.69) is 5.32 Å². The summed E-state index contributed by atoms with van der Waals surface area (Å²) in [6.07, 6.45) is 0.852. The Morgan fingerprint density at radius 2 is 1.94 bits per heavy atom. The summed E-state index contributed by atoms with van der Waals surface area (Å²) < 4.78 is 17.2. The predicted molar refractivity (Wildman–Crippen MR) is 123 cm³/mol. The Labute approximate surface area is 187 Å². The molecular weight excluding hydrogens is 408 g/mol. The quantitative estimate of drug-likeness (QED) is 0.617. The lowest BCUT2D eigenvalue weighted by Gasteiger charge is -2.34. The van der Waals surface area contributed by atoms with Crippen LogP contribution in [0.1, 0.15) is 42.8 Å². The fraction of sp³-hybridized carbons (Fsp3) is 0.360. The number of carbonyl (C=O) groups excluding carboxylic acids is 2. The molecule has 168 valence electrons. The van der Waals surface area contributed by atoms with Crippen LogP contribution in [-0.2, 0) is 4.79 Å². The van der Waals surface area contributed by atoms with Gasteiger partial charge in [0.05, 0.1) is 19.3 Å². The van der Waals surface area contributed by atoms with E-state index < -0.39 is 6.10 Å². The Bertz CT molecular complexity index is 1150. The van der Waals surface area contributed by atoms with Gasteiger partial charge in [-0.25, -0.2) is 0 Å². The molecule has 1 aromatic heterocycles. The molecule has 0 fully saturated rings. The topological polar surface area (TPSA) is 81.0 Å². The molecule has 32 heavy (non-hydrogen) atoms. The second kappa shape index (κ2) is 8.94. The molecule has 1 atom stereocenters. The summed E-state index contributed by atoms with van der Waals surface area (Å²) in [4.78, 5) is 28.1. The molecule has 2 aromatic carbocycles. The number of para-hydroxylation sites is 2. The number of fused-ring (bicyclic) bond motifs is 2. The number of furan rings is 1. The van der Waals surface area contributed by atoms with Crippen LogP contribution in [0.5, 0.6) is 11.5 Å². The number of ether oxygens (including phenoxy) is 2. The number of nitrogens with zero attached hydrogens (tertiary/aromatic N) is 1. The van der Waals surface area contributed by atoms with E-state index in [1.165, 1.54) is 0 Å². The molecule has 7 nitrogen and oxygen atoms in total. The van der Waals surface area contributed by atoms with E-state index in [0.717, 1.165) is 23.8 Å². The van der Waals surface area contributed by atoms with Crippen LogP contribution in [0.15, 0.2) is 46.9 Å². The van der Waals surface area contributed by atoms with Gasteiger partial charge in [-0.2, -0.15) is 0 Å². The first-order valence-corrected chi connectivity index (χ1v) is 10.9. The highest BCUT2D eigenvalue weighted by molar-refractivity contribution is 6.09. The Morgan fingerprint density at radius 1 is 1.19 bits per heavy atom. The number of rotatable bonds is 6. The van der Waals surface area contributed by atoms with Crippen LogP contribution in [0.25, 0.3) is 11.0 Å². The molecule has 0 radical (unpaired) electrons. The van der Waals surface area contributed by atoms with Gasteiger partial charge in [-0.15, -0.1) is 0 Å². The van der Waals surface area contributed by atoms with Crippen LogP contribution in [0.3, 0.4) is 0 Å². The third-order valence-electron chi connectivity index (χ3n) is 5.98. The third-order valence-corrected chi connectivity index (χ3v) is 5.98. The minimum Gasteiger partial charge on any atom is -0.497 e. The number of amides is 2. The van der Waals surface area contributed by atoms with Gasteiger partial charge < -0.3 is 19.2 Å². The lowest BCUT2D eigenvalue weighted by atomic mass is 10.1. The number of methoxy groups -OCH3 is 1. The molecule has 1 aliphatic heterocycles. The maximum Gasteiger partial charge on any atom is 0.294 e. The van der Waals surface area contributed by atoms with Crippen molar-refractivity contribution in [3.05, 3.63) is 53.8 Å². The molecule has 1 N–H and O–H groups in total. The van der Waals surface area contributed by atoms with Crippen molar-refractivity contribution in [3.8, 4) is 11.5 Å². The molecule has 0 saturated heterocycles. The highest BCUT2D eigenvalue weighted by atomic mass is 16.5. The van der Waals surface area contributed by atoms with Crippen LogP contribution in [0, 0.1) is 6.92 Å². The molecule has 1 unspecified atom stereocenters. The van der Waals surface area contributed by atoms with Gasteiger partial charge in [0.25, 0.3) is 11.8 Å². The van der Waals surface area contributed by atoms with Gasteiger partial charge >= 0.3 is 0 Å². The molecule has 0 spiro atoms. The summed E-state index contributed by atoms with van der Waals surface area (Å²) in [7, 11) is 1.60. The van der Waals surface area contributed by atoms with Gasteiger partial charge in [0, 0.05) is 17.0 Å². The van der Waals surface area contributed by atoms with E-state index in [-0.39, 0.29) is 30.2 Å². The molecule has 2 amide bonds. The van der Waals surface area contributed by atoms with E-state index in [1.807, 2.05) is 45.0 Å². The minimum atomic E-state index is -0.806. The smallest absolute Gasteiger partial charge is 0.294 e. The number of benzene rings is 2. The molecule has 4 rings (SSSR count). The highest BCUT2D eigenvalue weighted by Crippen LogP contribution is 2.36. The SMILES string of the molecule is CCC(CC)NC(=O)C1CN(C(=O)c2oc3ccc(OC)cc3c2C)c2ccccc2O1. The van der Waals surface area contributed by atoms with E-state index in [0.29, 0.717) is 22.8 Å². The summed E-state index contributed by atoms with van der Waals surface area (Å²) in [5, 5.41) is 3.84. The number of nitrogens with one attached hydrogen (secondary N) is 1. The van der Waals surface area contributed by atoms with E-state index in [1.54, 1.807) is 30.2 Å². The van der Waals surface area contributed by atoms with Gasteiger partial charge in [0.15, 0.2) is 11.9 Å². The zero-order chi connectivity index (χ0) is 22.8. The Hall–Kier alpha value is -3.48. The maximum atomic E-state index is 13.6. The fourth-order valence-electron chi connectivity index (χ4n) is 4.00. The van der Waals surface area contributed by atoms with Crippen molar-refractivity contribution in [3.63, 3.8) is 0 Å². The zero-order valence-electron chi connectivity index (χ0n) is 18.8. The first kappa shape index (κ1) is 21.7. The van der Waals surface area contributed by atoms with Crippen LogP contribution < -0.4 is 19.7 Å². The molecule has 0 saturated carbocycles. The van der Waals surface area contributed by atoms with Gasteiger partial charge in [0.1, 0.15) is 17.1 Å². The second-order valence-electron chi connectivity index (χ2n) is 7.93. The standard InChI is InChI=1S/C25H28N2O5/c1-5-16(6-2)26-24(28)22-14-27(19-9-7-8-10-21(19)31-22)25(29)23-15(3)18-13-17(30-4)11-12-20(18)32-23/h7-13,16,22H,5-6,14H2,1-4H3,(H,26,28). The zero-order valence-corrected chi connectivity index (χ0v) is 18.8. The van der Waals surface area contributed by atoms with Crippen LogP contribution >= 0.6 is 0 Å². The Kier molecular flexibility index (Phi) is 6.08. The molecule has 3 aromatic rings. The predicted octanol–water partition coefficient (Wildman–Crippen LogP) is 4.46. The molecule has 0 aliphatic carbocycles. The average Bonchev–Trinajstić information content (AvgIpc) is 3.16. The Morgan fingerprint density at radius 3 is 2.66 bits per heavy atom. The normalized spacial score (nSPS) is 15.4. The van der Waals surface area contributed by atoms with Crippen LogP contribution in [-0.4, -0.2) is 37.6 Å². The van der Waals surface area contributed by atoms with Gasteiger partial charge in [-0.1, -0.05) is 26.0 Å². The third kappa shape index (κ3) is 3.90. The second-order valence-corrected chi connectivity index (χ2v) is 7.93.